The monoisotopic (exact) mass is 342 g/mol. The van der Waals surface area contributed by atoms with Gasteiger partial charge in [0.15, 0.2) is 0 Å². The van der Waals surface area contributed by atoms with Crippen LogP contribution in [0.4, 0.5) is 0 Å². The summed E-state index contributed by atoms with van der Waals surface area (Å²) in [5.74, 6) is 0.852. The third kappa shape index (κ3) is 4.16. The molecule has 0 spiro atoms. The molecule has 1 saturated heterocycles. The van der Waals surface area contributed by atoms with E-state index >= 15 is 0 Å². The van der Waals surface area contributed by atoms with Crippen molar-refractivity contribution >= 4 is 10.0 Å². The molecule has 1 aliphatic rings. The zero-order valence-corrected chi connectivity index (χ0v) is 14.9. The highest BCUT2D eigenvalue weighted by Crippen LogP contribution is 2.31. The second-order valence-electron chi connectivity index (χ2n) is 5.62. The SMILES string of the molecule is CCCCN1CCN(S(=O)(=O)c2cc(OC)ccc2OC)CC1. The molecule has 23 heavy (non-hydrogen) atoms. The molecule has 0 amide bonds. The quantitative estimate of drug-likeness (QED) is 0.756. The van der Waals surface area contributed by atoms with Gasteiger partial charge in [-0.15, -0.1) is 0 Å². The number of sulfonamides is 1. The van der Waals surface area contributed by atoms with Crippen LogP contribution < -0.4 is 9.47 Å². The van der Waals surface area contributed by atoms with Crippen LogP contribution in [0.5, 0.6) is 11.5 Å². The number of methoxy groups -OCH3 is 2. The summed E-state index contributed by atoms with van der Waals surface area (Å²) in [6.45, 7) is 5.75. The van der Waals surface area contributed by atoms with Crippen molar-refractivity contribution in [3.8, 4) is 11.5 Å². The third-order valence-corrected chi connectivity index (χ3v) is 6.07. The molecule has 1 aromatic rings. The van der Waals surface area contributed by atoms with Crippen LogP contribution in [0.3, 0.4) is 0 Å². The number of nitrogens with zero attached hydrogens (tertiary/aromatic N) is 2. The van der Waals surface area contributed by atoms with E-state index in [1.54, 1.807) is 12.1 Å². The lowest BCUT2D eigenvalue weighted by Gasteiger charge is -2.34. The fourth-order valence-corrected chi connectivity index (χ4v) is 4.29. The van der Waals surface area contributed by atoms with Crippen LogP contribution in [0.1, 0.15) is 19.8 Å². The normalized spacial score (nSPS) is 17.2. The summed E-state index contributed by atoms with van der Waals surface area (Å²) in [5.41, 5.74) is 0. The van der Waals surface area contributed by atoms with Gasteiger partial charge in [0.1, 0.15) is 16.4 Å². The molecule has 0 saturated carbocycles. The summed E-state index contributed by atoms with van der Waals surface area (Å²) < 4.78 is 37.8. The first-order valence-electron chi connectivity index (χ1n) is 7.97. The van der Waals surface area contributed by atoms with Crippen LogP contribution in [0.15, 0.2) is 23.1 Å². The van der Waals surface area contributed by atoms with Gasteiger partial charge in [0, 0.05) is 32.2 Å². The Kier molecular flexibility index (Phi) is 6.26. The van der Waals surface area contributed by atoms with Gasteiger partial charge in [-0.1, -0.05) is 13.3 Å². The smallest absolute Gasteiger partial charge is 0.246 e. The average Bonchev–Trinajstić information content (AvgIpc) is 2.59. The minimum Gasteiger partial charge on any atom is -0.497 e. The van der Waals surface area contributed by atoms with Crippen LogP contribution in [0.2, 0.25) is 0 Å². The van der Waals surface area contributed by atoms with Crippen molar-refractivity contribution < 1.29 is 17.9 Å². The van der Waals surface area contributed by atoms with E-state index in [9.17, 15) is 8.42 Å². The Balaban J connectivity index is 2.16. The van der Waals surface area contributed by atoms with Crippen LogP contribution in [0, 0.1) is 0 Å². The fraction of sp³-hybridized carbons (Fsp3) is 0.625. The minimum atomic E-state index is -3.58. The van der Waals surface area contributed by atoms with Gasteiger partial charge in [0.05, 0.1) is 14.2 Å². The Bertz CT molecular complexity index is 611. The standard InChI is InChI=1S/C16H26N2O4S/c1-4-5-8-17-9-11-18(12-10-17)23(19,20)16-13-14(21-2)6-7-15(16)22-3/h6-7,13H,4-5,8-12H2,1-3H3. The van der Waals surface area contributed by atoms with Crippen molar-refractivity contribution in [1.82, 2.24) is 9.21 Å². The molecule has 1 aromatic carbocycles. The van der Waals surface area contributed by atoms with Gasteiger partial charge in [-0.05, 0) is 25.1 Å². The van der Waals surface area contributed by atoms with E-state index in [-0.39, 0.29) is 4.90 Å². The van der Waals surface area contributed by atoms with Crippen molar-refractivity contribution in [2.75, 3.05) is 46.9 Å². The maximum absolute atomic E-state index is 12.9. The molecule has 0 N–H and O–H groups in total. The molecule has 6 nitrogen and oxygen atoms in total. The molecule has 1 aliphatic heterocycles. The molecule has 1 fully saturated rings. The van der Waals surface area contributed by atoms with Gasteiger partial charge in [-0.2, -0.15) is 4.31 Å². The van der Waals surface area contributed by atoms with Crippen LogP contribution in [-0.4, -0.2) is 64.6 Å². The highest BCUT2D eigenvalue weighted by atomic mass is 32.2. The van der Waals surface area contributed by atoms with Gasteiger partial charge in [0.25, 0.3) is 0 Å². The van der Waals surface area contributed by atoms with Gasteiger partial charge >= 0.3 is 0 Å². The number of hydrogen-bond donors (Lipinski definition) is 0. The zero-order valence-electron chi connectivity index (χ0n) is 14.1. The van der Waals surface area contributed by atoms with Crippen molar-refractivity contribution in [2.24, 2.45) is 0 Å². The van der Waals surface area contributed by atoms with Crippen LogP contribution in [0.25, 0.3) is 0 Å². The molecule has 0 bridgehead atoms. The topological polar surface area (TPSA) is 59.1 Å². The van der Waals surface area contributed by atoms with Crippen molar-refractivity contribution in [2.45, 2.75) is 24.7 Å². The molecule has 0 radical (unpaired) electrons. The van der Waals surface area contributed by atoms with Crippen molar-refractivity contribution in [3.05, 3.63) is 18.2 Å². The Labute approximate surface area is 139 Å². The molecule has 7 heteroatoms. The summed E-state index contributed by atoms with van der Waals surface area (Å²) in [4.78, 5) is 2.49. The van der Waals surface area contributed by atoms with Gasteiger partial charge in [-0.25, -0.2) is 8.42 Å². The van der Waals surface area contributed by atoms with E-state index < -0.39 is 10.0 Å². The number of hydrogen-bond acceptors (Lipinski definition) is 5. The van der Waals surface area contributed by atoms with E-state index in [2.05, 4.69) is 11.8 Å². The van der Waals surface area contributed by atoms with Crippen molar-refractivity contribution in [3.63, 3.8) is 0 Å². The summed E-state index contributed by atoms with van der Waals surface area (Å²) >= 11 is 0. The summed E-state index contributed by atoms with van der Waals surface area (Å²) in [6.07, 6.45) is 2.30. The molecular weight excluding hydrogens is 316 g/mol. The Morgan fingerprint density at radius 1 is 1.09 bits per heavy atom. The maximum atomic E-state index is 12.9. The molecule has 1 heterocycles. The maximum Gasteiger partial charge on any atom is 0.246 e. The van der Waals surface area contributed by atoms with Crippen molar-refractivity contribution in [1.29, 1.82) is 0 Å². The van der Waals surface area contributed by atoms with Crippen LogP contribution >= 0.6 is 0 Å². The molecular formula is C16H26N2O4S. The molecule has 0 aliphatic carbocycles. The highest BCUT2D eigenvalue weighted by Gasteiger charge is 2.31. The predicted molar refractivity (Wildman–Crippen MR) is 89.7 cm³/mol. The van der Waals surface area contributed by atoms with E-state index in [0.29, 0.717) is 24.6 Å². The Hall–Kier alpha value is -1.31. The van der Waals surface area contributed by atoms with Gasteiger partial charge in [0.2, 0.25) is 10.0 Å². The number of benzene rings is 1. The lowest BCUT2D eigenvalue weighted by atomic mass is 10.3. The summed E-state index contributed by atoms with van der Waals surface area (Å²) in [7, 11) is -0.585. The van der Waals surface area contributed by atoms with E-state index in [0.717, 1.165) is 32.5 Å². The van der Waals surface area contributed by atoms with Gasteiger partial charge < -0.3 is 14.4 Å². The Morgan fingerprint density at radius 2 is 1.78 bits per heavy atom. The first-order chi connectivity index (χ1) is 11.0. The lowest BCUT2D eigenvalue weighted by molar-refractivity contribution is 0.186. The third-order valence-electron chi connectivity index (χ3n) is 4.15. The van der Waals surface area contributed by atoms with Crippen LogP contribution in [-0.2, 0) is 10.0 Å². The molecule has 0 aromatic heterocycles. The largest absolute Gasteiger partial charge is 0.497 e. The average molecular weight is 342 g/mol. The van der Waals surface area contributed by atoms with E-state index in [4.69, 9.17) is 9.47 Å². The fourth-order valence-electron chi connectivity index (χ4n) is 2.70. The summed E-state index contributed by atoms with van der Waals surface area (Å²) in [5, 5.41) is 0. The molecule has 130 valence electrons. The van der Waals surface area contributed by atoms with E-state index in [1.807, 2.05) is 0 Å². The summed E-state index contributed by atoms with van der Waals surface area (Å²) in [6, 6.07) is 4.85. The van der Waals surface area contributed by atoms with E-state index in [1.165, 1.54) is 24.6 Å². The second kappa shape index (κ2) is 7.99. The second-order valence-corrected chi connectivity index (χ2v) is 7.52. The molecule has 0 unspecified atom stereocenters. The molecule has 2 rings (SSSR count). The number of unbranched alkanes of at least 4 members (excludes halogenated alkanes) is 1. The predicted octanol–water partition coefficient (Wildman–Crippen LogP) is 1.81. The molecule has 0 atom stereocenters. The first kappa shape index (κ1) is 18.0. The Morgan fingerprint density at radius 3 is 2.35 bits per heavy atom. The highest BCUT2D eigenvalue weighted by molar-refractivity contribution is 7.89. The zero-order chi connectivity index (χ0) is 16.9. The van der Waals surface area contributed by atoms with Gasteiger partial charge in [-0.3, -0.25) is 0 Å². The number of piperazine rings is 1. The number of ether oxygens (including phenoxy) is 2. The minimum absolute atomic E-state index is 0.168. The first-order valence-corrected chi connectivity index (χ1v) is 9.41. The number of rotatable bonds is 7. The lowest BCUT2D eigenvalue weighted by Crippen LogP contribution is -2.48.